The number of H-pyrrole nitrogens is 1. The van der Waals surface area contributed by atoms with Gasteiger partial charge in [0.25, 0.3) is 5.56 Å². The van der Waals surface area contributed by atoms with Gasteiger partial charge in [-0.2, -0.15) is 0 Å². The van der Waals surface area contributed by atoms with Crippen molar-refractivity contribution in [1.29, 1.82) is 0 Å². The molecule has 140 valence electrons. The van der Waals surface area contributed by atoms with E-state index in [1.807, 2.05) is 56.3 Å². The van der Waals surface area contributed by atoms with Crippen LogP contribution in [0.5, 0.6) is 5.75 Å². The normalized spacial score (nSPS) is 10.8. The number of aromatic amines is 1. The van der Waals surface area contributed by atoms with E-state index in [1.54, 1.807) is 7.11 Å². The Labute approximate surface area is 161 Å². The maximum absolute atomic E-state index is 12.2. The van der Waals surface area contributed by atoms with E-state index in [2.05, 4.69) is 25.3 Å². The number of anilines is 2. The van der Waals surface area contributed by atoms with Crippen LogP contribution in [0.25, 0.3) is 22.2 Å². The Hall–Kier alpha value is -3.74. The summed E-state index contributed by atoms with van der Waals surface area (Å²) in [5, 5.41) is 4.02. The molecule has 0 bridgehead atoms. The molecular weight excluding hydrogens is 354 g/mol. The minimum absolute atomic E-state index is 0.265. The number of para-hydroxylation sites is 2. The first-order chi connectivity index (χ1) is 13.5. The van der Waals surface area contributed by atoms with Crippen LogP contribution in [-0.2, 0) is 0 Å². The predicted molar refractivity (Wildman–Crippen MR) is 109 cm³/mol. The van der Waals surface area contributed by atoms with Gasteiger partial charge in [-0.3, -0.25) is 15.1 Å². The van der Waals surface area contributed by atoms with Crippen LogP contribution in [0.2, 0.25) is 0 Å². The molecule has 0 fully saturated rings. The third kappa shape index (κ3) is 3.29. The fourth-order valence-electron chi connectivity index (χ4n) is 3.12. The molecule has 0 aliphatic carbocycles. The molecule has 0 atom stereocenters. The number of aromatic nitrogens is 4. The van der Waals surface area contributed by atoms with E-state index in [0.29, 0.717) is 17.4 Å². The Balaban J connectivity index is 1.77. The van der Waals surface area contributed by atoms with E-state index in [-0.39, 0.29) is 11.5 Å². The predicted octanol–water partition coefficient (Wildman–Crippen LogP) is 3.75. The van der Waals surface area contributed by atoms with E-state index in [9.17, 15) is 4.79 Å². The van der Waals surface area contributed by atoms with Gasteiger partial charge in [-0.05, 0) is 31.5 Å². The lowest BCUT2D eigenvalue weighted by molar-refractivity contribution is 0.416. The number of methoxy groups -OCH3 is 1. The Morgan fingerprint density at radius 3 is 2.64 bits per heavy atom. The summed E-state index contributed by atoms with van der Waals surface area (Å²) in [6, 6.07) is 14.8. The first-order valence-electron chi connectivity index (χ1n) is 8.81. The van der Waals surface area contributed by atoms with Crippen LogP contribution in [0.4, 0.5) is 11.9 Å². The summed E-state index contributed by atoms with van der Waals surface area (Å²) in [6.45, 7) is 3.93. The summed E-state index contributed by atoms with van der Waals surface area (Å²) in [5.74, 6) is 1.28. The molecule has 0 aliphatic rings. The molecule has 7 nitrogen and oxygen atoms in total. The number of nitrogens with zero attached hydrogens (tertiary/aromatic N) is 3. The third-order valence-corrected chi connectivity index (χ3v) is 4.47. The average molecular weight is 373 g/mol. The molecule has 0 spiro atoms. The fourth-order valence-corrected chi connectivity index (χ4v) is 3.12. The highest BCUT2D eigenvalue weighted by molar-refractivity contribution is 5.84. The number of nitrogens with one attached hydrogen (secondary N) is 2. The van der Waals surface area contributed by atoms with Gasteiger partial charge in [0, 0.05) is 17.0 Å². The van der Waals surface area contributed by atoms with Crippen LogP contribution in [-0.4, -0.2) is 27.0 Å². The highest BCUT2D eigenvalue weighted by Gasteiger charge is 2.11. The van der Waals surface area contributed by atoms with Crippen LogP contribution in [0.1, 0.15) is 11.3 Å². The average Bonchev–Trinajstić information content (AvgIpc) is 2.68. The molecule has 4 aromatic rings. The first-order valence-corrected chi connectivity index (χ1v) is 8.81. The van der Waals surface area contributed by atoms with Crippen molar-refractivity contribution in [1.82, 2.24) is 19.9 Å². The van der Waals surface area contributed by atoms with Crippen LogP contribution >= 0.6 is 0 Å². The van der Waals surface area contributed by atoms with Crippen molar-refractivity contribution in [2.24, 2.45) is 0 Å². The zero-order valence-corrected chi connectivity index (χ0v) is 15.8. The van der Waals surface area contributed by atoms with Crippen molar-refractivity contribution in [3.8, 4) is 17.0 Å². The van der Waals surface area contributed by atoms with E-state index in [1.165, 1.54) is 6.07 Å². The highest BCUT2D eigenvalue weighted by atomic mass is 16.5. The molecule has 2 aromatic carbocycles. The molecule has 0 saturated heterocycles. The van der Waals surface area contributed by atoms with Gasteiger partial charge in [0.05, 0.1) is 24.0 Å². The molecule has 0 saturated carbocycles. The number of rotatable bonds is 4. The molecule has 28 heavy (non-hydrogen) atoms. The second-order valence-corrected chi connectivity index (χ2v) is 6.41. The van der Waals surface area contributed by atoms with Crippen molar-refractivity contribution in [2.45, 2.75) is 13.8 Å². The minimum atomic E-state index is -0.285. The number of aryl methyl sites for hydroxylation is 2. The van der Waals surface area contributed by atoms with Gasteiger partial charge < -0.3 is 4.74 Å². The van der Waals surface area contributed by atoms with Crippen molar-refractivity contribution >= 4 is 22.8 Å². The van der Waals surface area contributed by atoms with E-state index < -0.39 is 0 Å². The lowest BCUT2D eigenvalue weighted by Gasteiger charge is -2.11. The number of benzene rings is 2. The van der Waals surface area contributed by atoms with Crippen molar-refractivity contribution in [2.75, 3.05) is 12.4 Å². The Bertz CT molecular complexity index is 1230. The van der Waals surface area contributed by atoms with E-state index in [4.69, 9.17) is 4.74 Å². The van der Waals surface area contributed by atoms with Gasteiger partial charge in [0.1, 0.15) is 5.75 Å². The summed E-state index contributed by atoms with van der Waals surface area (Å²) in [6.07, 6.45) is 0. The quantitative estimate of drug-likeness (QED) is 0.566. The molecule has 7 heteroatoms. The van der Waals surface area contributed by atoms with Gasteiger partial charge in [-0.15, -0.1) is 0 Å². The fraction of sp³-hybridized carbons (Fsp3) is 0.143. The standard InChI is InChI=1S/C21H19N5O2/c1-12-7-6-9-14-13(2)22-20(25-19(12)14)26-21-23-16(11-18(27)24-21)15-8-4-5-10-17(15)28-3/h4-11H,1-3H3,(H2,22,23,24,25,26,27). The third-order valence-electron chi connectivity index (χ3n) is 4.47. The summed E-state index contributed by atoms with van der Waals surface area (Å²) in [7, 11) is 1.58. The molecule has 4 rings (SSSR count). The molecule has 2 aromatic heterocycles. The van der Waals surface area contributed by atoms with Gasteiger partial charge in [0.15, 0.2) is 0 Å². The summed E-state index contributed by atoms with van der Waals surface area (Å²) in [4.78, 5) is 28.5. The van der Waals surface area contributed by atoms with Gasteiger partial charge in [-0.25, -0.2) is 15.0 Å². The SMILES string of the molecule is COc1ccccc1-c1cc(=O)[nH]c(Nc2nc(C)c3cccc(C)c3n2)n1. The number of fused-ring (bicyclic) bond motifs is 1. The second kappa shape index (κ2) is 7.11. The molecule has 0 radical (unpaired) electrons. The lowest BCUT2D eigenvalue weighted by atomic mass is 10.1. The second-order valence-electron chi connectivity index (χ2n) is 6.41. The Morgan fingerprint density at radius 2 is 1.82 bits per heavy atom. The van der Waals surface area contributed by atoms with E-state index in [0.717, 1.165) is 27.7 Å². The number of hydrogen-bond acceptors (Lipinski definition) is 6. The summed E-state index contributed by atoms with van der Waals surface area (Å²) < 4.78 is 5.38. The first kappa shape index (κ1) is 17.7. The lowest BCUT2D eigenvalue weighted by Crippen LogP contribution is -2.12. The van der Waals surface area contributed by atoms with Crippen LogP contribution < -0.4 is 15.6 Å². The van der Waals surface area contributed by atoms with Crippen LogP contribution in [0.15, 0.2) is 53.3 Å². The minimum Gasteiger partial charge on any atom is -0.496 e. The van der Waals surface area contributed by atoms with Crippen molar-refractivity contribution < 1.29 is 4.74 Å². The van der Waals surface area contributed by atoms with Crippen molar-refractivity contribution in [3.05, 3.63) is 70.1 Å². The highest BCUT2D eigenvalue weighted by Crippen LogP contribution is 2.28. The molecule has 0 aliphatic heterocycles. The van der Waals surface area contributed by atoms with Crippen molar-refractivity contribution in [3.63, 3.8) is 0 Å². The molecule has 0 unspecified atom stereocenters. The van der Waals surface area contributed by atoms with Gasteiger partial charge >= 0.3 is 0 Å². The Kier molecular flexibility index (Phi) is 4.49. The topological polar surface area (TPSA) is 92.8 Å². The van der Waals surface area contributed by atoms with Crippen LogP contribution in [0.3, 0.4) is 0 Å². The van der Waals surface area contributed by atoms with Gasteiger partial charge in [-0.1, -0.05) is 30.3 Å². The summed E-state index contributed by atoms with van der Waals surface area (Å²) >= 11 is 0. The molecular formula is C21H19N5O2. The number of hydrogen-bond donors (Lipinski definition) is 2. The summed E-state index contributed by atoms with van der Waals surface area (Å²) in [5.41, 5.74) is 3.70. The molecule has 2 heterocycles. The number of ether oxygens (including phenoxy) is 1. The largest absolute Gasteiger partial charge is 0.496 e. The zero-order valence-electron chi connectivity index (χ0n) is 15.8. The monoisotopic (exact) mass is 373 g/mol. The van der Waals surface area contributed by atoms with Gasteiger partial charge in [0.2, 0.25) is 11.9 Å². The smallest absolute Gasteiger partial charge is 0.252 e. The molecule has 2 N–H and O–H groups in total. The zero-order chi connectivity index (χ0) is 19.7. The molecule has 0 amide bonds. The Morgan fingerprint density at radius 1 is 1.00 bits per heavy atom. The maximum atomic E-state index is 12.2. The maximum Gasteiger partial charge on any atom is 0.252 e. The van der Waals surface area contributed by atoms with E-state index >= 15 is 0 Å². The van der Waals surface area contributed by atoms with Crippen LogP contribution in [0, 0.1) is 13.8 Å².